The fourth-order valence-electron chi connectivity index (χ4n) is 2.41. The van der Waals surface area contributed by atoms with Gasteiger partial charge in [-0.3, -0.25) is 19.7 Å². The third-order valence-corrected chi connectivity index (χ3v) is 3.51. The van der Waals surface area contributed by atoms with Crippen molar-refractivity contribution in [1.82, 2.24) is 10.2 Å². The molecule has 3 N–H and O–H groups in total. The first-order valence-corrected chi connectivity index (χ1v) is 7.04. The average molecular weight is 310 g/mol. The monoisotopic (exact) mass is 310 g/mol. The highest BCUT2D eigenvalue weighted by Gasteiger charge is 2.30. The van der Waals surface area contributed by atoms with Gasteiger partial charge in [0.05, 0.1) is 12.0 Å². The number of likely N-dealkylation sites (tertiary alicyclic amines) is 1. The van der Waals surface area contributed by atoms with Crippen LogP contribution in [0.15, 0.2) is 16.5 Å². The Morgan fingerprint density at radius 1 is 1.50 bits per heavy atom. The van der Waals surface area contributed by atoms with Crippen LogP contribution in [0, 0.1) is 16.0 Å². The molecule has 0 aliphatic carbocycles. The minimum atomic E-state index is -0.698. The molecular formula is C13H18N4O5. The molecule has 0 bridgehead atoms. The molecule has 22 heavy (non-hydrogen) atoms. The van der Waals surface area contributed by atoms with Gasteiger partial charge in [-0.2, -0.15) is 0 Å². The van der Waals surface area contributed by atoms with Crippen molar-refractivity contribution in [2.75, 3.05) is 26.2 Å². The highest BCUT2D eigenvalue weighted by molar-refractivity contribution is 5.92. The van der Waals surface area contributed by atoms with Crippen LogP contribution in [0.2, 0.25) is 0 Å². The molecule has 0 aromatic carbocycles. The van der Waals surface area contributed by atoms with Crippen LogP contribution < -0.4 is 11.1 Å². The maximum Gasteiger partial charge on any atom is 0.433 e. The molecule has 9 nitrogen and oxygen atoms in total. The molecule has 2 amide bonds. The third-order valence-electron chi connectivity index (χ3n) is 3.51. The number of rotatable bonds is 5. The predicted molar refractivity (Wildman–Crippen MR) is 76.1 cm³/mol. The van der Waals surface area contributed by atoms with E-state index in [1.165, 1.54) is 11.0 Å². The summed E-state index contributed by atoms with van der Waals surface area (Å²) in [6.45, 7) is 1.52. The van der Waals surface area contributed by atoms with Crippen molar-refractivity contribution in [2.45, 2.75) is 12.8 Å². The van der Waals surface area contributed by atoms with Gasteiger partial charge < -0.3 is 20.4 Å². The number of nitrogens with two attached hydrogens (primary N) is 1. The van der Waals surface area contributed by atoms with E-state index in [1.807, 2.05) is 0 Å². The molecule has 0 saturated carbocycles. The first-order valence-electron chi connectivity index (χ1n) is 7.04. The minimum Gasteiger partial charge on any atom is -0.395 e. The summed E-state index contributed by atoms with van der Waals surface area (Å²) in [5, 5.41) is 13.3. The van der Waals surface area contributed by atoms with Crippen LogP contribution in [0.25, 0.3) is 0 Å². The Bertz CT molecular complexity index is 571. The molecule has 9 heteroatoms. The summed E-state index contributed by atoms with van der Waals surface area (Å²) < 4.78 is 4.91. The second-order valence-corrected chi connectivity index (χ2v) is 5.07. The number of carbonyl (C=O) groups excluding carboxylic acids is 2. The summed E-state index contributed by atoms with van der Waals surface area (Å²) in [7, 11) is 0. The molecule has 1 aromatic heterocycles. The Hall–Kier alpha value is -2.42. The van der Waals surface area contributed by atoms with Gasteiger partial charge in [0.2, 0.25) is 5.91 Å². The van der Waals surface area contributed by atoms with Gasteiger partial charge in [-0.05, 0) is 18.9 Å². The van der Waals surface area contributed by atoms with Crippen molar-refractivity contribution in [3.63, 3.8) is 0 Å². The third kappa shape index (κ3) is 3.61. The number of amides is 2. The number of hydrogen-bond acceptors (Lipinski definition) is 6. The summed E-state index contributed by atoms with van der Waals surface area (Å²) in [6, 6.07) is 2.42. The standard InChI is InChI=1S/C13H18N4O5/c14-5-6-15-12(18)9-2-1-7-16(8-9)13(19)10-3-4-11(22-10)17(20)21/h3-4,9H,1-2,5-8,14H2,(H,15,18). The van der Waals surface area contributed by atoms with Crippen molar-refractivity contribution in [1.29, 1.82) is 0 Å². The van der Waals surface area contributed by atoms with E-state index < -0.39 is 16.7 Å². The van der Waals surface area contributed by atoms with Crippen LogP contribution >= 0.6 is 0 Å². The summed E-state index contributed by atoms with van der Waals surface area (Å²) in [6.07, 6.45) is 1.38. The molecule has 1 saturated heterocycles. The largest absolute Gasteiger partial charge is 0.433 e. The van der Waals surface area contributed by atoms with E-state index in [9.17, 15) is 19.7 Å². The number of furan rings is 1. The average Bonchev–Trinajstić information content (AvgIpc) is 3.02. The number of nitrogens with one attached hydrogen (secondary N) is 1. The summed E-state index contributed by atoms with van der Waals surface area (Å²) in [5.74, 6) is -1.43. The molecule has 0 radical (unpaired) electrons. The quantitative estimate of drug-likeness (QED) is 0.586. The summed E-state index contributed by atoms with van der Waals surface area (Å²) in [5.41, 5.74) is 5.34. The van der Waals surface area contributed by atoms with Gasteiger partial charge in [0, 0.05) is 26.2 Å². The van der Waals surface area contributed by atoms with Gasteiger partial charge in [0.15, 0.2) is 5.76 Å². The molecule has 1 aliphatic heterocycles. The number of nitrogens with zero attached hydrogens (tertiary/aromatic N) is 2. The Morgan fingerprint density at radius 3 is 2.91 bits per heavy atom. The zero-order valence-electron chi connectivity index (χ0n) is 12.0. The topological polar surface area (TPSA) is 132 Å². The van der Waals surface area contributed by atoms with Crippen LogP contribution in [0.3, 0.4) is 0 Å². The van der Waals surface area contributed by atoms with Gasteiger partial charge in [-0.25, -0.2) is 0 Å². The van der Waals surface area contributed by atoms with Crippen molar-refractivity contribution in [3.8, 4) is 0 Å². The zero-order valence-corrected chi connectivity index (χ0v) is 12.0. The first-order chi connectivity index (χ1) is 10.5. The molecule has 1 unspecified atom stereocenters. The highest BCUT2D eigenvalue weighted by Crippen LogP contribution is 2.21. The second kappa shape index (κ2) is 7.03. The van der Waals surface area contributed by atoms with Gasteiger partial charge in [0.25, 0.3) is 5.91 Å². The fourth-order valence-corrected chi connectivity index (χ4v) is 2.41. The maximum atomic E-state index is 12.3. The van der Waals surface area contributed by atoms with E-state index >= 15 is 0 Å². The summed E-state index contributed by atoms with van der Waals surface area (Å²) >= 11 is 0. The highest BCUT2D eigenvalue weighted by atomic mass is 16.6. The lowest BCUT2D eigenvalue weighted by Crippen LogP contribution is -2.46. The predicted octanol–water partition coefficient (Wildman–Crippen LogP) is 0.115. The number of hydrogen-bond donors (Lipinski definition) is 2. The van der Waals surface area contributed by atoms with E-state index in [0.717, 1.165) is 6.07 Å². The fraction of sp³-hybridized carbons (Fsp3) is 0.538. The lowest BCUT2D eigenvalue weighted by atomic mass is 9.97. The smallest absolute Gasteiger partial charge is 0.395 e. The normalized spacial score (nSPS) is 18.0. The molecule has 1 atom stereocenters. The van der Waals surface area contributed by atoms with Crippen LogP contribution in [-0.4, -0.2) is 47.8 Å². The Kier molecular flexibility index (Phi) is 5.10. The Balaban J connectivity index is 2.00. The van der Waals surface area contributed by atoms with E-state index in [4.69, 9.17) is 10.2 Å². The zero-order chi connectivity index (χ0) is 16.1. The Labute approximate surface area is 126 Å². The van der Waals surface area contributed by atoms with Gasteiger partial charge in [0.1, 0.15) is 4.92 Å². The number of piperidine rings is 1. The lowest BCUT2D eigenvalue weighted by molar-refractivity contribution is -0.402. The molecule has 120 valence electrons. The molecule has 0 spiro atoms. The number of carbonyl (C=O) groups is 2. The van der Waals surface area contributed by atoms with Gasteiger partial charge in [-0.15, -0.1) is 0 Å². The molecule has 1 fully saturated rings. The van der Waals surface area contributed by atoms with Crippen molar-refractivity contribution in [3.05, 3.63) is 28.0 Å². The lowest BCUT2D eigenvalue weighted by Gasteiger charge is -2.31. The van der Waals surface area contributed by atoms with E-state index in [2.05, 4.69) is 5.32 Å². The first kappa shape index (κ1) is 16.0. The molecular weight excluding hydrogens is 292 g/mol. The number of nitro groups is 1. The van der Waals surface area contributed by atoms with Crippen molar-refractivity contribution >= 4 is 17.7 Å². The van der Waals surface area contributed by atoms with E-state index in [1.54, 1.807) is 0 Å². The van der Waals surface area contributed by atoms with Crippen LogP contribution in [-0.2, 0) is 4.79 Å². The minimum absolute atomic E-state index is 0.0882. The van der Waals surface area contributed by atoms with Crippen LogP contribution in [0.5, 0.6) is 0 Å². The van der Waals surface area contributed by atoms with Crippen LogP contribution in [0.1, 0.15) is 23.4 Å². The second-order valence-electron chi connectivity index (χ2n) is 5.07. The van der Waals surface area contributed by atoms with E-state index in [-0.39, 0.29) is 24.1 Å². The van der Waals surface area contributed by atoms with Crippen LogP contribution in [0.4, 0.5) is 5.88 Å². The summed E-state index contributed by atoms with van der Waals surface area (Å²) in [4.78, 5) is 35.6. The van der Waals surface area contributed by atoms with Crippen molar-refractivity contribution < 1.29 is 18.9 Å². The molecule has 2 heterocycles. The molecule has 1 aliphatic rings. The van der Waals surface area contributed by atoms with Gasteiger partial charge >= 0.3 is 5.88 Å². The maximum absolute atomic E-state index is 12.3. The molecule has 1 aromatic rings. The van der Waals surface area contributed by atoms with E-state index in [0.29, 0.717) is 32.5 Å². The molecule has 2 rings (SSSR count). The van der Waals surface area contributed by atoms with Gasteiger partial charge in [-0.1, -0.05) is 0 Å². The SMILES string of the molecule is NCCNC(=O)C1CCCN(C(=O)c2ccc([N+](=O)[O-])o2)C1. The Morgan fingerprint density at radius 2 is 2.27 bits per heavy atom. The van der Waals surface area contributed by atoms with Crippen molar-refractivity contribution in [2.24, 2.45) is 11.7 Å².